The lowest BCUT2D eigenvalue weighted by Gasteiger charge is -2.19. The van der Waals surface area contributed by atoms with Crippen molar-refractivity contribution in [1.29, 1.82) is 0 Å². The molecule has 0 bridgehead atoms. The summed E-state index contributed by atoms with van der Waals surface area (Å²) in [5, 5.41) is 4.61. The van der Waals surface area contributed by atoms with Crippen LogP contribution in [0.1, 0.15) is 25.6 Å². The minimum atomic E-state index is -0.333. The Morgan fingerprint density at radius 1 is 1.37 bits per heavy atom. The molecular weight excluding hydrogens is 283 g/mol. The predicted molar refractivity (Wildman–Crippen MR) is 79.1 cm³/mol. The molecular formula is C14H16ClFN2S. The average molecular weight is 299 g/mol. The first-order valence-corrected chi connectivity index (χ1v) is 7.20. The zero-order valence-corrected chi connectivity index (χ0v) is 12.7. The summed E-state index contributed by atoms with van der Waals surface area (Å²) in [6.07, 6.45) is 1.83. The van der Waals surface area contributed by atoms with E-state index in [2.05, 4.69) is 31.1 Å². The van der Waals surface area contributed by atoms with Crippen molar-refractivity contribution in [2.45, 2.75) is 32.9 Å². The Labute approximate surface area is 121 Å². The number of hydrogen-bond acceptors (Lipinski definition) is 3. The zero-order valence-electron chi connectivity index (χ0n) is 11.1. The highest BCUT2D eigenvalue weighted by atomic mass is 35.5. The molecule has 0 fully saturated rings. The lowest BCUT2D eigenvalue weighted by molar-refractivity contribution is 0.426. The fourth-order valence-corrected chi connectivity index (χ4v) is 2.73. The van der Waals surface area contributed by atoms with Gasteiger partial charge in [-0.2, -0.15) is 0 Å². The molecule has 0 radical (unpaired) electrons. The van der Waals surface area contributed by atoms with E-state index in [0.717, 1.165) is 22.0 Å². The van der Waals surface area contributed by atoms with Crippen LogP contribution in [0.15, 0.2) is 24.4 Å². The van der Waals surface area contributed by atoms with Crippen LogP contribution in [0.3, 0.4) is 0 Å². The molecule has 0 saturated carbocycles. The van der Waals surface area contributed by atoms with E-state index >= 15 is 0 Å². The van der Waals surface area contributed by atoms with Crippen LogP contribution in [0.4, 0.5) is 4.39 Å². The second kappa shape index (κ2) is 5.57. The van der Waals surface area contributed by atoms with Crippen molar-refractivity contribution in [3.05, 3.63) is 40.1 Å². The number of benzene rings is 1. The van der Waals surface area contributed by atoms with Crippen LogP contribution in [0, 0.1) is 5.82 Å². The van der Waals surface area contributed by atoms with Crippen molar-refractivity contribution >= 4 is 22.9 Å². The third kappa shape index (κ3) is 4.00. The standard InChI is InChI=1S/C14H16ClFN2S/c1-14(2,3)18-8-10-7-17-13(19-10)11-5-4-9(16)6-12(11)15/h4-7,18H,8H2,1-3H3. The van der Waals surface area contributed by atoms with E-state index in [1.54, 1.807) is 17.4 Å². The molecule has 5 heteroatoms. The molecule has 19 heavy (non-hydrogen) atoms. The highest BCUT2D eigenvalue weighted by Gasteiger charge is 2.12. The van der Waals surface area contributed by atoms with Gasteiger partial charge < -0.3 is 5.32 Å². The van der Waals surface area contributed by atoms with E-state index in [0.29, 0.717) is 5.02 Å². The van der Waals surface area contributed by atoms with Crippen molar-refractivity contribution in [2.24, 2.45) is 0 Å². The quantitative estimate of drug-likeness (QED) is 0.903. The Balaban J connectivity index is 2.16. The van der Waals surface area contributed by atoms with Crippen LogP contribution >= 0.6 is 22.9 Å². The van der Waals surface area contributed by atoms with Crippen molar-refractivity contribution in [1.82, 2.24) is 10.3 Å². The Morgan fingerprint density at radius 2 is 2.11 bits per heavy atom. The minimum absolute atomic E-state index is 0.0671. The van der Waals surface area contributed by atoms with Gasteiger partial charge in [0.15, 0.2) is 0 Å². The Bertz CT molecular complexity index is 575. The predicted octanol–water partition coefficient (Wildman–Crippen LogP) is 4.49. The summed E-state index contributed by atoms with van der Waals surface area (Å²) in [7, 11) is 0. The molecule has 0 saturated heterocycles. The number of aromatic nitrogens is 1. The molecule has 0 aliphatic rings. The normalized spacial score (nSPS) is 11.8. The van der Waals surface area contributed by atoms with E-state index in [4.69, 9.17) is 11.6 Å². The molecule has 1 aromatic carbocycles. The van der Waals surface area contributed by atoms with E-state index < -0.39 is 0 Å². The van der Waals surface area contributed by atoms with Gasteiger partial charge in [-0.05, 0) is 39.0 Å². The second-order valence-corrected chi connectivity index (χ2v) is 6.88. The number of rotatable bonds is 3. The van der Waals surface area contributed by atoms with E-state index in [9.17, 15) is 4.39 Å². The summed E-state index contributed by atoms with van der Waals surface area (Å²) < 4.78 is 13.0. The van der Waals surface area contributed by atoms with Crippen LogP contribution in [0.5, 0.6) is 0 Å². The number of thiazole rings is 1. The smallest absolute Gasteiger partial charge is 0.125 e. The fourth-order valence-electron chi connectivity index (χ4n) is 1.53. The summed E-state index contributed by atoms with van der Waals surface area (Å²) in [5.41, 5.74) is 0.840. The lowest BCUT2D eigenvalue weighted by Crippen LogP contribution is -2.34. The number of halogens is 2. The van der Waals surface area contributed by atoms with Gasteiger partial charge in [-0.25, -0.2) is 9.37 Å². The first-order valence-electron chi connectivity index (χ1n) is 6.00. The van der Waals surface area contributed by atoms with Gasteiger partial charge in [-0.3, -0.25) is 0 Å². The molecule has 1 N–H and O–H groups in total. The summed E-state index contributed by atoms with van der Waals surface area (Å²) in [6.45, 7) is 7.11. The molecule has 2 aromatic rings. The van der Waals surface area contributed by atoms with Crippen molar-refractivity contribution in [3.8, 4) is 10.6 Å². The Kier molecular flexibility index (Phi) is 4.23. The van der Waals surface area contributed by atoms with Crippen LogP contribution in [-0.2, 0) is 6.54 Å². The van der Waals surface area contributed by atoms with Crippen molar-refractivity contribution in [3.63, 3.8) is 0 Å². The van der Waals surface area contributed by atoms with Gasteiger partial charge in [0.1, 0.15) is 10.8 Å². The van der Waals surface area contributed by atoms with E-state index in [-0.39, 0.29) is 11.4 Å². The van der Waals surface area contributed by atoms with Crippen molar-refractivity contribution in [2.75, 3.05) is 0 Å². The number of nitrogens with one attached hydrogen (secondary N) is 1. The molecule has 0 aliphatic carbocycles. The molecule has 0 amide bonds. The topological polar surface area (TPSA) is 24.9 Å². The number of nitrogens with zero attached hydrogens (tertiary/aromatic N) is 1. The third-order valence-electron chi connectivity index (χ3n) is 2.51. The molecule has 0 unspecified atom stereocenters. The maximum Gasteiger partial charge on any atom is 0.125 e. The van der Waals surface area contributed by atoms with Gasteiger partial charge in [0, 0.05) is 28.7 Å². The lowest BCUT2D eigenvalue weighted by atomic mass is 10.1. The second-order valence-electron chi connectivity index (χ2n) is 5.36. The van der Waals surface area contributed by atoms with Gasteiger partial charge in [0.2, 0.25) is 0 Å². The van der Waals surface area contributed by atoms with E-state index in [1.807, 2.05) is 6.20 Å². The Morgan fingerprint density at radius 3 is 2.74 bits per heavy atom. The zero-order chi connectivity index (χ0) is 14.0. The highest BCUT2D eigenvalue weighted by Crippen LogP contribution is 2.31. The number of hydrogen-bond donors (Lipinski definition) is 1. The third-order valence-corrected chi connectivity index (χ3v) is 3.85. The largest absolute Gasteiger partial charge is 0.307 e. The molecule has 1 aromatic heterocycles. The average Bonchev–Trinajstić information content (AvgIpc) is 2.74. The molecule has 0 spiro atoms. The van der Waals surface area contributed by atoms with Crippen LogP contribution in [-0.4, -0.2) is 10.5 Å². The van der Waals surface area contributed by atoms with Gasteiger partial charge in [-0.1, -0.05) is 11.6 Å². The van der Waals surface area contributed by atoms with E-state index in [1.165, 1.54) is 12.1 Å². The fraction of sp³-hybridized carbons (Fsp3) is 0.357. The summed E-state index contributed by atoms with van der Waals surface area (Å²) >= 11 is 7.60. The maximum absolute atomic E-state index is 13.0. The van der Waals surface area contributed by atoms with Crippen molar-refractivity contribution < 1.29 is 4.39 Å². The molecule has 102 valence electrons. The summed E-state index contributed by atoms with van der Waals surface area (Å²) in [5.74, 6) is -0.333. The monoisotopic (exact) mass is 298 g/mol. The SMILES string of the molecule is CC(C)(C)NCc1cnc(-c2ccc(F)cc2Cl)s1. The van der Waals surface area contributed by atoms with Gasteiger partial charge >= 0.3 is 0 Å². The minimum Gasteiger partial charge on any atom is -0.307 e. The van der Waals surface area contributed by atoms with Gasteiger partial charge in [-0.15, -0.1) is 11.3 Å². The van der Waals surface area contributed by atoms with Crippen LogP contribution in [0.2, 0.25) is 5.02 Å². The van der Waals surface area contributed by atoms with Crippen LogP contribution < -0.4 is 5.32 Å². The first-order chi connectivity index (χ1) is 8.85. The van der Waals surface area contributed by atoms with Crippen LogP contribution in [0.25, 0.3) is 10.6 Å². The molecule has 0 aliphatic heterocycles. The van der Waals surface area contributed by atoms with Gasteiger partial charge in [0.05, 0.1) is 5.02 Å². The molecule has 2 nitrogen and oxygen atoms in total. The highest BCUT2D eigenvalue weighted by molar-refractivity contribution is 7.15. The first kappa shape index (κ1) is 14.4. The summed E-state index contributed by atoms with van der Waals surface area (Å²) in [6, 6.07) is 4.37. The molecule has 1 heterocycles. The van der Waals surface area contributed by atoms with Gasteiger partial charge in [0.25, 0.3) is 0 Å². The maximum atomic E-state index is 13.0. The Hall–Kier alpha value is -0.970. The molecule has 0 atom stereocenters. The summed E-state index contributed by atoms with van der Waals surface area (Å²) in [4.78, 5) is 5.48. The molecule has 2 rings (SSSR count).